The Kier molecular flexibility index (Phi) is 4.79. The Labute approximate surface area is 176 Å². The Bertz CT molecular complexity index is 1110. The summed E-state index contributed by atoms with van der Waals surface area (Å²) in [5.74, 6) is 0.244. The van der Waals surface area contributed by atoms with Crippen LogP contribution in [0.4, 0.5) is 0 Å². The maximum Gasteiger partial charge on any atom is 0.255 e. The quantitative estimate of drug-likeness (QED) is 0.840. The minimum atomic E-state index is -0.000759. The van der Waals surface area contributed by atoms with Crippen molar-refractivity contribution in [2.24, 2.45) is 5.92 Å². The van der Waals surface area contributed by atoms with Crippen LogP contribution in [0.3, 0.4) is 0 Å². The van der Waals surface area contributed by atoms with Crippen LogP contribution in [0.1, 0.15) is 24.6 Å². The standard InChI is InChI=1S/C24H27N5O/c1-17-3-4-20-5-6-21(27-11-8-25-9-12-27)16-29(20)24(30)14-22(17)19-7-10-28-15-18(2)26-23(28)13-19/h4-7,10,13-17,25H,3,8-9,11-12H2,1-2H3. The zero-order valence-electron chi connectivity index (χ0n) is 17.5. The molecule has 3 aliphatic rings. The SMILES string of the molecule is Cc1cn2ccc(C3=CC(=O)N4C=C(N5CCNCC5)C=CC4=CCC3C)cc2n1. The number of carbonyl (C=O) groups is 1. The number of nitrogens with zero attached hydrogens (tertiary/aromatic N) is 4. The second-order valence-corrected chi connectivity index (χ2v) is 8.26. The number of aryl methyl sites for hydroxylation is 1. The Morgan fingerprint density at radius 1 is 1.17 bits per heavy atom. The summed E-state index contributed by atoms with van der Waals surface area (Å²) in [6, 6.07) is 4.15. The van der Waals surface area contributed by atoms with Crippen LogP contribution in [-0.4, -0.2) is 51.3 Å². The highest BCUT2D eigenvalue weighted by atomic mass is 16.2. The summed E-state index contributed by atoms with van der Waals surface area (Å²) in [5.41, 5.74) is 6.07. The summed E-state index contributed by atoms with van der Waals surface area (Å²) in [4.78, 5) is 22.0. The summed E-state index contributed by atoms with van der Waals surface area (Å²) in [6.07, 6.45) is 15.1. The minimum absolute atomic E-state index is 0.000759. The number of piperazine rings is 1. The molecule has 1 fully saturated rings. The van der Waals surface area contributed by atoms with Crippen molar-refractivity contribution in [3.8, 4) is 0 Å². The third kappa shape index (κ3) is 3.48. The van der Waals surface area contributed by atoms with Gasteiger partial charge in [-0.05, 0) is 54.7 Å². The predicted octanol–water partition coefficient (Wildman–Crippen LogP) is 3.09. The lowest BCUT2D eigenvalue weighted by atomic mass is 9.89. The molecule has 0 bridgehead atoms. The first-order valence-electron chi connectivity index (χ1n) is 10.6. The lowest BCUT2D eigenvalue weighted by molar-refractivity contribution is -0.122. The maximum atomic E-state index is 13.3. The fraction of sp³-hybridized carbons (Fsp3) is 0.333. The van der Waals surface area contributed by atoms with Gasteiger partial charge in [-0.3, -0.25) is 9.69 Å². The highest BCUT2D eigenvalue weighted by Gasteiger charge is 2.24. The molecule has 5 heterocycles. The first kappa shape index (κ1) is 18.9. The Morgan fingerprint density at radius 3 is 2.80 bits per heavy atom. The fourth-order valence-electron chi connectivity index (χ4n) is 4.39. The highest BCUT2D eigenvalue weighted by molar-refractivity contribution is 5.98. The smallest absolute Gasteiger partial charge is 0.255 e. The van der Waals surface area contributed by atoms with Crippen molar-refractivity contribution in [3.05, 3.63) is 77.7 Å². The number of pyridine rings is 1. The van der Waals surface area contributed by atoms with Gasteiger partial charge in [-0.15, -0.1) is 0 Å². The third-order valence-corrected chi connectivity index (χ3v) is 6.09. The van der Waals surface area contributed by atoms with Crippen LogP contribution >= 0.6 is 0 Å². The number of amides is 1. The number of fused-ring (bicyclic) bond motifs is 2. The van der Waals surface area contributed by atoms with Gasteiger partial charge in [-0.1, -0.05) is 13.0 Å². The largest absolute Gasteiger partial charge is 0.368 e. The minimum Gasteiger partial charge on any atom is -0.368 e. The highest BCUT2D eigenvalue weighted by Crippen LogP contribution is 2.32. The molecule has 0 aliphatic carbocycles. The van der Waals surface area contributed by atoms with Gasteiger partial charge in [0.05, 0.1) is 11.4 Å². The maximum absolute atomic E-state index is 13.3. The van der Waals surface area contributed by atoms with Gasteiger partial charge in [0.15, 0.2) is 0 Å². The molecule has 1 saturated heterocycles. The summed E-state index contributed by atoms with van der Waals surface area (Å²) in [5, 5.41) is 3.38. The van der Waals surface area contributed by atoms with Crippen LogP contribution in [-0.2, 0) is 4.79 Å². The number of imidazole rings is 1. The van der Waals surface area contributed by atoms with Gasteiger partial charge in [0.25, 0.3) is 5.91 Å². The van der Waals surface area contributed by atoms with Crippen LogP contribution in [0.2, 0.25) is 0 Å². The molecule has 0 spiro atoms. The van der Waals surface area contributed by atoms with Crippen molar-refractivity contribution in [1.82, 2.24) is 24.5 Å². The van der Waals surface area contributed by atoms with Gasteiger partial charge in [0.2, 0.25) is 0 Å². The molecule has 1 atom stereocenters. The van der Waals surface area contributed by atoms with E-state index in [4.69, 9.17) is 0 Å². The van der Waals surface area contributed by atoms with E-state index in [-0.39, 0.29) is 11.8 Å². The zero-order chi connectivity index (χ0) is 20.7. The molecular formula is C24H27N5O. The molecular weight excluding hydrogens is 374 g/mol. The predicted molar refractivity (Wildman–Crippen MR) is 118 cm³/mol. The lowest BCUT2D eigenvalue weighted by Crippen LogP contribution is -2.43. The van der Waals surface area contributed by atoms with E-state index in [0.717, 1.165) is 66.5 Å². The monoisotopic (exact) mass is 401 g/mol. The number of aromatic nitrogens is 2. The van der Waals surface area contributed by atoms with E-state index < -0.39 is 0 Å². The fourth-order valence-corrected chi connectivity index (χ4v) is 4.39. The summed E-state index contributed by atoms with van der Waals surface area (Å²) >= 11 is 0. The molecule has 2 aromatic rings. The first-order valence-corrected chi connectivity index (χ1v) is 10.6. The normalized spacial score (nSPS) is 22.3. The Morgan fingerprint density at radius 2 is 1.97 bits per heavy atom. The number of nitrogens with one attached hydrogen (secondary N) is 1. The van der Waals surface area contributed by atoms with Crippen molar-refractivity contribution in [2.45, 2.75) is 20.3 Å². The zero-order valence-corrected chi connectivity index (χ0v) is 17.5. The van der Waals surface area contributed by atoms with Crippen molar-refractivity contribution in [1.29, 1.82) is 0 Å². The molecule has 6 heteroatoms. The van der Waals surface area contributed by atoms with E-state index in [2.05, 4.69) is 52.5 Å². The number of rotatable bonds is 2. The summed E-state index contributed by atoms with van der Waals surface area (Å²) < 4.78 is 2.02. The molecule has 1 unspecified atom stereocenters. The molecule has 2 aromatic heterocycles. The van der Waals surface area contributed by atoms with E-state index >= 15 is 0 Å². The van der Waals surface area contributed by atoms with Crippen molar-refractivity contribution >= 4 is 17.1 Å². The van der Waals surface area contributed by atoms with E-state index in [1.165, 1.54) is 0 Å². The first-order chi connectivity index (χ1) is 14.6. The molecule has 1 N–H and O–H groups in total. The number of hydrogen-bond acceptors (Lipinski definition) is 4. The van der Waals surface area contributed by atoms with Crippen molar-refractivity contribution in [2.75, 3.05) is 26.2 Å². The number of carbonyl (C=O) groups excluding carboxylic acids is 1. The van der Waals surface area contributed by atoms with Gasteiger partial charge in [-0.2, -0.15) is 0 Å². The molecule has 0 aromatic carbocycles. The van der Waals surface area contributed by atoms with E-state index in [1.54, 1.807) is 4.90 Å². The van der Waals surface area contributed by atoms with E-state index in [1.807, 2.05) is 36.0 Å². The van der Waals surface area contributed by atoms with Gasteiger partial charge in [0, 0.05) is 56.5 Å². The van der Waals surface area contributed by atoms with Crippen LogP contribution < -0.4 is 5.32 Å². The van der Waals surface area contributed by atoms with E-state index in [9.17, 15) is 4.79 Å². The molecule has 0 saturated carbocycles. The van der Waals surface area contributed by atoms with Crippen molar-refractivity contribution in [3.63, 3.8) is 0 Å². The molecule has 6 nitrogen and oxygen atoms in total. The molecule has 154 valence electrons. The van der Waals surface area contributed by atoms with Gasteiger partial charge in [-0.25, -0.2) is 4.98 Å². The molecule has 0 radical (unpaired) electrons. The number of allylic oxidation sites excluding steroid dienone is 4. The van der Waals surface area contributed by atoms with E-state index in [0.29, 0.717) is 0 Å². The molecule has 5 rings (SSSR count). The molecule has 1 amide bonds. The second kappa shape index (κ2) is 7.61. The molecule has 30 heavy (non-hydrogen) atoms. The summed E-state index contributed by atoms with van der Waals surface area (Å²) in [6.45, 7) is 8.03. The average molecular weight is 402 g/mol. The van der Waals surface area contributed by atoms with Crippen LogP contribution in [0.25, 0.3) is 11.2 Å². The van der Waals surface area contributed by atoms with Crippen LogP contribution in [0.15, 0.2) is 66.4 Å². The Balaban J connectivity index is 1.49. The Hall–Kier alpha value is -3.12. The lowest BCUT2D eigenvalue weighted by Gasteiger charge is -2.34. The average Bonchev–Trinajstić information content (AvgIpc) is 3.14. The van der Waals surface area contributed by atoms with Crippen LogP contribution in [0.5, 0.6) is 0 Å². The number of hydrogen-bond donors (Lipinski definition) is 1. The van der Waals surface area contributed by atoms with Gasteiger partial charge < -0.3 is 14.6 Å². The third-order valence-electron chi connectivity index (χ3n) is 6.09. The van der Waals surface area contributed by atoms with Crippen LogP contribution in [0, 0.1) is 12.8 Å². The second-order valence-electron chi connectivity index (χ2n) is 8.26. The topological polar surface area (TPSA) is 52.9 Å². The van der Waals surface area contributed by atoms with Gasteiger partial charge >= 0.3 is 0 Å². The molecule has 3 aliphatic heterocycles. The van der Waals surface area contributed by atoms with Gasteiger partial charge in [0.1, 0.15) is 5.65 Å². The summed E-state index contributed by atoms with van der Waals surface area (Å²) in [7, 11) is 0. The van der Waals surface area contributed by atoms with Crippen molar-refractivity contribution < 1.29 is 4.79 Å².